The van der Waals surface area contributed by atoms with Crippen LogP contribution in [-0.2, 0) is 6.61 Å². The van der Waals surface area contributed by atoms with E-state index in [1.807, 2.05) is 18.2 Å². The first-order chi connectivity index (χ1) is 19.1. The van der Waals surface area contributed by atoms with Crippen LogP contribution in [-0.4, -0.2) is 19.6 Å². The molecule has 0 N–H and O–H groups in total. The molecule has 0 fully saturated rings. The second kappa shape index (κ2) is 9.24. The largest absolute Gasteiger partial charge is 0.485 e. The topological polar surface area (TPSA) is 61.5 Å². The molecule has 0 unspecified atom stereocenters. The van der Waals surface area contributed by atoms with Crippen LogP contribution < -0.4 is 9.47 Å². The molecule has 0 saturated heterocycles. The molecule has 192 valence electrons. The van der Waals surface area contributed by atoms with Gasteiger partial charge in [-0.15, -0.1) is 5.10 Å². The van der Waals surface area contributed by atoms with Crippen molar-refractivity contribution in [1.82, 2.24) is 19.6 Å². The summed E-state index contributed by atoms with van der Waals surface area (Å²) >= 11 is 0. The van der Waals surface area contributed by atoms with E-state index in [9.17, 15) is 0 Å². The molecule has 7 rings (SSSR count). The number of hydrogen-bond acceptors (Lipinski definition) is 5. The summed E-state index contributed by atoms with van der Waals surface area (Å²) in [5.41, 5.74) is 6.19. The first-order valence-corrected chi connectivity index (χ1v) is 13.3. The molecule has 0 bridgehead atoms. The fourth-order valence-electron chi connectivity index (χ4n) is 5.53. The van der Waals surface area contributed by atoms with Gasteiger partial charge < -0.3 is 9.47 Å². The Morgan fingerprint density at radius 1 is 0.949 bits per heavy atom. The van der Waals surface area contributed by atoms with Crippen LogP contribution in [0.4, 0.5) is 0 Å². The maximum atomic E-state index is 6.52. The second-order valence-corrected chi connectivity index (χ2v) is 10.4. The average molecular weight is 513 g/mol. The lowest BCUT2D eigenvalue weighted by Crippen LogP contribution is -2.15. The van der Waals surface area contributed by atoms with Gasteiger partial charge in [0, 0.05) is 16.9 Å². The minimum atomic E-state index is -0.104. The van der Waals surface area contributed by atoms with Gasteiger partial charge in [0.1, 0.15) is 24.4 Å². The molecule has 6 nitrogen and oxygen atoms in total. The number of rotatable bonds is 5. The van der Waals surface area contributed by atoms with Crippen molar-refractivity contribution in [2.24, 2.45) is 0 Å². The number of benzene rings is 4. The standard InChI is InChI=1S/C33H28N4O2/c1-20(2)24-15-13-21(3)17-27(24)38-18-28-35-32-30-29(23-10-5-4-6-11-23)26-16-14-22-9-7-8-12-25(22)31(26)39-33(30)34-19-37(32)36-28/h4-17,19-20,29H,18H2,1-3H3/t29-/m0/s1. The summed E-state index contributed by atoms with van der Waals surface area (Å²) in [6.45, 7) is 6.67. The number of hydrogen-bond donors (Lipinski definition) is 0. The Bertz CT molecular complexity index is 1840. The van der Waals surface area contributed by atoms with Crippen molar-refractivity contribution in [2.75, 3.05) is 0 Å². The Morgan fingerprint density at radius 3 is 2.62 bits per heavy atom. The van der Waals surface area contributed by atoms with Gasteiger partial charge in [-0.2, -0.15) is 0 Å². The van der Waals surface area contributed by atoms with Crippen LogP contribution >= 0.6 is 0 Å². The summed E-state index contributed by atoms with van der Waals surface area (Å²) in [6.07, 6.45) is 1.68. The zero-order valence-corrected chi connectivity index (χ0v) is 22.1. The van der Waals surface area contributed by atoms with Crippen molar-refractivity contribution in [1.29, 1.82) is 0 Å². The predicted octanol–water partition coefficient (Wildman–Crippen LogP) is 7.57. The Hall–Kier alpha value is -4.71. The highest BCUT2D eigenvalue weighted by Gasteiger charge is 2.34. The molecule has 3 heterocycles. The van der Waals surface area contributed by atoms with Gasteiger partial charge in [0.05, 0.1) is 5.56 Å². The Balaban J connectivity index is 1.34. The molecular weight excluding hydrogens is 484 g/mol. The van der Waals surface area contributed by atoms with E-state index in [0.29, 0.717) is 17.6 Å². The molecule has 0 aliphatic carbocycles. The summed E-state index contributed by atoms with van der Waals surface area (Å²) in [5, 5.41) is 6.93. The quantitative estimate of drug-likeness (QED) is 0.238. The Labute approximate surface area is 226 Å². The van der Waals surface area contributed by atoms with Crippen LogP contribution in [0.2, 0.25) is 0 Å². The number of aromatic nitrogens is 4. The van der Waals surface area contributed by atoms with Crippen LogP contribution in [0, 0.1) is 6.92 Å². The molecule has 0 saturated carbocycles. The third-order valence-electron chi connectivity index (χ3n) is 7.42. The van der Waals surface area contributed by atoms with E-state index in [2.05, 4.69) is 87.5 Å². The van der Waals surface area contributed by atoms with E-state index >= 15 is 0 Å². The highest BCUT2D eigenvalue weighted by atomic mass is 16.5. The highest BCUT2D eigenvalue weighted by molar-refractivity contribution is 5.91. The van der Waals surface area contributed by atoms with Crippen LogP contribution in [0.15, 0.2) is 91.3 Å². The third-order valence-corrected chi connectivity index (χ3v) is 7.42. The number of nitrogens with zero attached hydrogens (tertiary/aromatic N) is 4. The SMILES string of the molecule is Cc1ccc(C(C)C)c(OCc2nc3c4c(ncn3n2)Oc2c(ccc3ccccc23)[C@@H]4c2ccccc2)c1. The van der Waals surface area contributed by atoms with Crippen LogP contribution in [0.5, 0.6) is 17.4 Å². The molecule has 0 spiro atoms. The van der Waals surface area contributed by atoms with Gasteiger partial charge in [-0.1, -0.05) is 92.7 Å². The highest BCUT2D eigenvalue weighted by Crippen LogP contribution is 2.50. The van der Waals surface area contributed by atoms with E-state index in [0.717, 1.165) is 50.2 Å². The van der Waals surface area contributed by atoms with Gasteiger partial charge >= 0.3 is 0 Å². The normalized spacial score (nSPS) is 14.3. The molecule has 2 aromatic heterocycles. The lowest BCUT2D eigenvalue weighted by atomic mass is 9.83. The summed E-state index contributed by atoms with van der Waals surface area (Å²) in [5.74, 6) is 3.11. The maximum absolute atomic E-state index is 6.52. The Morgan fingerprint density at radius 2 is 1.77 bits per heavy atom. The summed E-state index contributed by atoms with van der Waals surface area (Å²) < 4.78 is 14.5. The zero-order valence-electron chi connectivity index (χ0n) is 22.1. The first kappa shape index (κ1) is 23.4. The van der Waals surface area contributed by atoms with E-state index in [1.54, 1.807) is 10.8 Å². The molecule has 1 atom stereocenters. The van der Waals surface area contributed by atoms with Crippen molar-refractivity contribution in [2.45, 2.75) is 39.2 Å². The minimum absolute atomic E-state index is 0.104. The van der Waals surface area contributed by atoms with Crippen molar-refractivity contribution < 1.29 is 9.47 Å². The fourth-order valence-corrected chi connectivity index (χ4v) is 5.53. The summed E-state index contributed by atoms with van der Waals surface area (Å²) in [7, 11) is 0. The molecule has 1 aliphatic heterocycles. The van der Waals surface area contributed by atoms with E-state index in [4.69, 9.17) is 24.5 Å². The lowest BCUT2D eigenvalue weighted by Gasteiger charge is -2.28. The molecule has 0 radical (unpaired) electrons. The minimum Gasteiger partial charge on any atom is -0.485 e. The fraction of sp³-hybridized carbons (Fsp3) is 0.182. The van der Waals surface area contributed by atoms with Gasteiger partial charge in [-0.25, -0.2) is 14.5 Å². The lowest BCUT2D eigenvalue weighted by molar-refractivity contribution is 0.291. The van der Waals surface area contributed by atoms with E-state index < -0.39 is 0 Å². The second-order valence-electron chi connectivity index (χ2n) is 10.4. The van der Waals surface area contributed by atoms with Crippen LogP contribution in [0.1, 0.15) is 59.3 Å². The van der Waals surface area contributed by atoms with Crippen LogP contribution in [0.3, 0.4) is 0 Å². The summed E-state index contributed by atoms with van der Waals surface area (Å²) in [6, 6.07) is 29.4. The van der Waals surface area contributed by atoms with Crippen molar-refractivity contribution in [3.8, 4) is 17.4 Å². The molecule has 6 heteroatoms. The van der Waals surface area contributed by atoms with Crippen LogP contribution in [0.25, 0.3) is 16.4 Å². The maximum Gasteiger partial charge on any atom is 0.228 e. The molecule has 0 amide bonds. The van der Waals surface area contributed by atoms with Crippen molar-refractivity contribution in [3.05, 3.63) is 125 Å². The zero-order chi connectivity index (χ0) is 26.5. The molecular formula is C33H28N4O2. The monoisotopic (exact) mass is 512 g/mol. The first-order valence-electron chi connectivity index (χ1n) is 13.3. The van der Waals surface area contributed by atoms with Gasteiger partial charge in [-0.05, 0) is 41.0 Å². The van der Waals surface area contributed by atoms with Gasteiger partial charge in [0.15, 0.2) is 11.5 Å². The Kier molecular flexibility index (Phi) is 5.55. The molecule has 4 aromatic carbocycles. The van der Waals surface area contributed by atoms with E-state index in [1.165, 1.54) is 5.56 Å². The number of aryl methyl sites for hydroxylation is 1. The molecule has 39 heavy (non-hydrogen) atoms. The van der Waals surface area contributed by atoms with E-state index in [-0.39, 0.29) is 12.5 Å². The van der Waals surface area contributed by atoms with Crippen molar-refractivity contribution >= 4 is 16.4 Å². The van der Waals surface area contributed by atoms with Gasteiger partial charge in [0.25, 0.3) is 0 Å². The molecule has 6 aromatic rings. The van der Waals surface area contributed by atoms with Gasteiger partial charge in [0.2, 0.25) is 5.88 Å². The predicted molar refractivity (Wildman–Crippen MR) is 152 cm³/mol. The average Bonchev–Trinajstić information content (AvgIpc) is 3.38. The summed E-state index contributed by atoms with van der Waals surface area (Å²) in [4.78, 5) is 9.66. The smallest absolute Gasteiger partial charge is 0.228 e. The van der Waals surface area contributed by atoms with Gasteiger partial charge in [-0.3, -0.25) is 0 Å². The number of ether oxygens (including phenoxy) is 2. The molecule has 1 aliphatic rings. The third kappa shape index (κ3) is 4.00. The van der Waals surface area contributed by atoms with Crippen molar-refractivity contribution in [3.63, 3.8) is 0 Å². The number of fused-ring (bicyclic) bond motifs is 6.